The second-order valence-electron chi connectivity index (χ2n) is 7.81. The summed E-state index contributed by atoms with van der Waals surface area (Å²) in [6.07, 6.45) is 3.43. The first-order chi connectivity index (χ1) is 17.0. The van der Waals surface area contributed by atoms with Crippen LogP contribution in [0.3, 0.4) is 0 Å². The van der Waals surface area contributed by atoms with Gasteiger partial charge >= 0.3 is 0 Å². The van der Waals surface area contributed by atoms with Crippen LogP contribution in [0.5, 0.6) is 11.5 Å². The van der Waals surface area contributed by atoms with Crippen LogP contribution in [0.25, 0.3) is 11.3 Å². The first-order valence-electron chi connectivity index (χ1n) is 11.0. The highest BCUT2D eigenvalue weighted by molar-refractivity contribution is 5.94. The number of carbonyl (C=O) groups is 1. The molecular formula is C26H27N5O4. The zero-order valence-corrected chi connectivity index (χ0v) is 19.7. The van der Waals surface area contributed by atoms with E-state index in [0.29, 0.717) is 34.5 Å². The number of carbonyl (C=O) groups excluding carboxylic acids is 1. The Morgan fingerprint density at radius 2 is 1.91 bits per heavy atom. The van der Waals surface area contributed by atoms with E-state index in [2.05, 4.69) is 25.6 Å². The number of ether oxygens (including phenoxy) is 2. The van der Waals surface area contributed by atoms with Gasteiger partial charge in [-0.25, -0.2) is 9.97 Å². The molecule has 1 amide bonds. The van der Waals surface area contributed by atoms with Crippen LogP contribution in [-0.2, 0) is 0 Å². The maximum absolute atomic E-state index is 12.8. The van der Waals surface area contributed by atoms with Crippen molar-refractivity contribution in [3.63, 3.8) is 0 Å². The number of amides is 1. The molecule has 4 N–H and O–H groups in total. The summed E-state index contributed by atoms with van der Waals surface area (Å²) in [6, 6.07) is 16.0. The number of anilines is 2. The lowest BCUT2D eigenvalue weighted by molar-refractivity contribution is 0.0911. The number of para-hydroxylation sites is 1. The fourth-order valence-electron chi connectivity index (χ4n) is 3.72. The molecular weight excluding hydrogens is 446 g/mol. The molecule has 9 heteroatoms. The Kier molecular flexibility index (Phi) is 7.27. The van der Waals surface area contributed by atoms with Crippen molar-refractivity contribution in [3.05, 3.63) is 83.8 Å². The average molecular weight is 474 g/mol. The lowest BCUT2D eigenvalue weighted by Gasteiger charge is -2.16. The van der Waals surface area contributed by atoms with E-state index in [9.17, 15) is 9.90 Å². The summed E-state index contributed by atoms with van der Waals surface area (Å²) in [6.45, 7) is 1.69. The molecule has 0 unspecified atom stereocenters. The lowest BCUT2D eigenvalue weighted by Crippen LogP contribution is -2.30. The number of aryl methyl sites for hydroxylation is 1. The van der Waals surface area contributed by atoms with Crippen molar-refractivity contribution in [2.24, 2.45) is 0 Å². The molecule has 0 radical (unpaired) electrons. The molecule has 0 saturated carbocycles. The van der Waals surface area contributed by atoms with E-state index < -0.39 is 6.04 Å². The van der Waals surface area contributed by atoms with Gasteiger partial charge in [-0.2, -0.15) is 0 Å². The molecule has 180 valence electrons. The van der Waals surface area contributed by atoms with Crippen molar-refractivity contribution in [2.75, 3.05) is 26.1 Å². The van der Waals surface area contributed by atoms with Crippen molar-refractivity contribution in [2.45, 2.75) is 13.0 Å². The maximum atomic E-state index is 12.8. The van der Waals surface area contributed by atoms with E-state index in [0.717, 1.165) is 16.7 Å². The Labute approximate surface area is 203 Å². The molecule has 0 saturated heterocycles. The number of hydrogen-bond donors (Lipinski definition) is 4. The first kappa shape index (κ1) is 23.8. The normalized spacial score (nSPS) is 11.5. The summed E-state index contributed by atoms with van der Waals surface area (Å²) in [5.74, 6) is 1.17. The van der Waals surface area contributed by atoms with Crippen molar-refractivity contribution in [1.29, 1.82) is 0 Å². The molecule has 35 heavy (non-hydrogen) atoms. The fourth-order valence-corrected chi connectivity index (χ4v) is 3.72. The molecule has 2 heterocycles. The van der Waals surface area contributed by atoms with Gasteiger partial charge < -0.3 is 30.2 Å². The third-order valence-corrected chi connectivity index (χ3v) is 5.51. The number of benzene rings is 2. The molecule has 9 nitrogen and oxygen atoms in total. The summed E-state index contributed by atoms with van der Waals surface area (Å²) >= 11 is 0. The Balaban J connectivity index is 1.55. The number of aromatic amines is 1. The SMILES string of the molecule is COc1cccc(Nc2ncc(C)c(-c3c[nH]c(C(=O)N[C@H](CO)c4ccccc4)c3)n2)c1OC. The minimum Gasteiger partial charge on any atom is -0.493 e. The molecule has 0 spiro atoms. The zero-order valence-electron chi connectivity index (χ0n) is 19.7. The minimum atomic E-state index is -0.509. The highest BCUT2D eigenvalue weighted by Gasteiger charge is 2.18. The monoisotopic (exact) mass is 473 g/mol. The van der Waals surface area contributed by atoms with E-state index in [1.54, 1.807) is 38.7 Å². The molecule has 0 aliphatic rings. The van der Waals surface area contributed by atoms with Crippen LogP contribution in [0, 0.1) is 6.92 Å². The number of rotatable bonds is 9. The van der Waals surface area contributed by atoms with Gasteiger partial charge in [0.25, 0.3) is 5.91 Å². The maximum Gasteiger partial charge on any atom is 0.268 e. The molecule has 4 aromatic rings. The zero-order chi connectivity index (χ0) is 24.8. The smallest absolute Gasteiger partial charge is 0.268 e. The van der Waals surface area contributed by atoms with Crippen LogP contribution < -0.4 is 20.1 Å². The predicted octanol–water partition coefficient (Wildman–Crippen LogP) is 4.00. The molecule has 4 rings (SSSR count). The third kappa shape index (κ3) is 5.25. The van der Waals surface area contributed by atoms with Crippen LogP contribution in [0.15, 0.2) is 67.0 Å². The van der Waals surface area contributed by atoms with E-state index in [4.69, 9.17) is 9.47 Å². The summed E-state index contributed by atoms with van der Waals surface area (Å²) in [5, 5.41) is 15.8. The summed E-state index contributed by atoms with van der Waals surface area (Å²) in [4.78, 5) is 24.9. The number of methoxy groups -OCH3 is 2. The predicted molar refractivity (Wildman–Crippen MR) is 133 cm³/mol. The van der Waals surface area contributed by atoms with Crippen molar-refractivity contribution >= 4 is 17.5 Å². The Bertz CT molecular complexity index is 1310. The van der Waals surface area contributed by atoms with Crippen LogP contribution >= 0.6 is 0 Å². The van der Waals surface area contributed by atoms with Gasteiger partial charge in [0.15, 0.2) is 11.5 Å². The molecule has 2 aromatic carbocycles. The quantitative estimate of drug-likeness (QED) is 0.290. The number of aliphatic hydroxyl groups is 1. The van der Waals surface area contributed by atoms with E-state index in [1.165, 1.54) is 0 Å². The second kappa shape index (κ2) is 10.7. The number of nitrogens with zero attached hydrogens (tertiary/aromatic N) is 2. The number of nitrogens with one attached hydrogen (secondary N) is 3. The second-order valence-corrected chi connectivity index (χ2v) is 7.81. The fraction of sp³-hybridized carbons (Fsp3) is 0.192. The molecule has 0 aliphatic carbocycles. The minimum absolute atomic E-state index is 0.211. The summed E-state index contributed by atoms with van der Waals surface area (Å²) < 4.78 is 10.8. The van der Waals surface area contributed by atoms with Crippen LogP contribution in [0.1, 0.15) is 27.7 Å². The van der Waals surface area contributed by atoms with Crippen molar-refractivity contribution in [3.8, 4) is 22.8 Å². The standard InChI is InChI=1S/C26H27N5O4/c1-16-13-28-26(30-19-10-7-11-22(34-2)24(19)35-3)31-23(16)18-12-20(27-14-18)25(33)29-21(15-32)17-8-5-4-6-9-17/h4-14,21,27,32H,15H2,1-3H3,(H,29,33)(H,28,30,31)/t21-/m1/s1. The van der Waals surface area contributed by atoms with E-state index in [1.807, 2.05) is 49.4 Å². The van der Waals surface area contributed by atoms with E-state index in [-0.39, 0.29) is 12.5 Å². The highest BCUT2D eigenvalue weighted by atomic mass is 16.5. The van der Waals surface area contributed by atoms with Crippen molar-refractivity contribution < 1.29 is 19.4 Å². The first-order valence-corrected chi connectivity index (χ1v) is 11.0. The average Bonchev–Trinajstić information content (AvgIpc) is 3.39. The molecule has 0 bridgehead atoms. The Morgan fingerprint density at radius 1 is 1.11 bits per heavy atom. The summed E-state index contributed by atoms with van der Waals surface area (Å²) in [7, 11) is 3.14. The number of H-pyrrole nitrogens is 1. The van der Waals surface area contributed by atoms with Gasteiger partial charge in [-0.05, 0) is 36.2 Å². The van der Waals surface area contributed by atoms with Crippen LogP contribution in [0.4, 0.5) is 11.6 Å². The van der Waals surface area contributed by atoms with Gasteiger partial charge in [0.05, 0.1) is 38.2 Å². The van der Waals surface area contributed by atoms with Crippen LogP contribution in [-0.4, -0.2) is 46.8 Å². The molecule has 0 fully saturated rings. The number of hydrogen-bond acceptors (Lipinski definition) is 7. The summed E-state index contributed by atoms with van der Waals surface area (Å²) in [5.41, 5.74) is 4.09. The topological polar surface area (TPSA) is 121 Å². The van der Waals surface area contributed by atoms with Crippen molar-refractivity contribution in [1.82, 2.24) is 20.3 Å². The van der Waals surface area contributed by atoms with E-state index >= 15 is 0 Å². The number of aromatic nitrogens is 3. The van der Waals surface area contributed by atoms with Gasteiger partial charge in [-0.3, -0.25) is 4.79 Å². The van der Waals surface area contributed by atoms with Gasteiger partial charge in [0.1, 0.15) is 5.69 Å². The third-order valence-electron chi connectivity index (χ3n) is 5.51. The van der Waals surface area contributed by atoms with Gasteiger partial charge in [-0.1, -0.05) is 36.4 Å². The Hall–Kier alpha value is -4.37. The van der Waals surface area contributed by atoms with Crippen LogP contribution in [0.2, 0.25) is 0 Å². The highest BCUT2D eigenvalue weighted by Crippen LogP contribution is 2.36. The number of aliphatic hydroxyl groups excluding tert-OH is 1. The van der Waals surface area contributed by atoms with Gasteiger partial charge in [-0.15, -0.1) is 0 Å². The largest absolute Gasteiger partial charge is 0.493 e. The molecule has 1 atom stereocenters. The lowest BCUT2D eigenvalue weighted by atomic mass is 10.1. The Morgan fingerprint density at radius 3 is 2.63 bits per heavy atom. The molecule has 0 aliphatic heterocycles. The van der Waals surface area contributed by atoms with Gasteiger partial charge in [0, 0.05) is 18.0 Å². The molecule has 2 aromatic heterocycles. The van der Waals surface area contributed by atoms with Gasteiger partial charge in [0.2, 0.25) is 5.95 Å².